The van der Waals surface area contributed by atoms with Gasteiger partial charge in [-0.05, 0) is 25.0 Å². The molecule has 6 heteroatoms. The summed E-state index contributed by atoms with van der Waals surface area (Å²) in [5.74, 6) is 0.426. The molecule has 1 amide bonds. The average Bonchev–Trinajstić information content (AvgIpc) is 2.83. The van der Waals surface area contributed by atoms with Gasteiger partial charge in [0, 0.05) is 20.1 Å². The maximum absolute atomic E-state index is 12.1. The largest absolute Gasteiger partial charge is 0.466 e. The van der Waals surface area contributed by atoms with Gasteiger partial charge in [-0.3, -0.25) is 9.48 Å². The van der Waals surface area contributed by atoms with E-state index in [1.807, 2.05) is 31.3 Å². The highest BCUT2D eigenvalue weighted by atomic mass is 16.5. The van der Waals surface area contributed by atoms with E-state index < -0.39 is 0 Å². The molecule has 0 bridgehead atoms. The zero-order valence-corrected chi connectivity index (χ0v) is 12.0. The number of aliphatic hydroxyl groups is 1. The summed E-state index contributed by atoms with van der Waals surface area (Å²) in [6.07, 6.45) is 0.992. The van der Waals surface area contributed by atoms with Crippen molar-refractivity contribution < 1.29 is 14.6 Å². The van der Waals surface area contributed by atoms with Gasteiger partial charge in [0.2, 0.25) is 5.88 Å². The molecule has 0 radical (unpaired) electrons. The molecule has 0 spiro atoms. The molecule has 21 heavy (non-hydrogen) atoms. The lowest BCUT2D eigenvalue weighted by Crippen LogP contribution is -2.42. The molecule has 0 atom stereocenters. The van der Waals surface area contributed by atoms with Crippen LogP contribution in [0.1, 0.15) is 12.8 Å². The third-order valence-corrected chi connectivity index (χ3v) is 3.87. The van der Waals surface area contributed by atoms with Crippen LogP contribution in [0.5, 0.6) is 5.88 Å². The maximum Gasteiger partial charge on any atom is 0.260 e. The van der Waals surface area contributed by atoms with Gasteiger partial charge in [0.1, 0.15) is 0 Å². The van der Waals surface area contributed by atoms with Crippen molar-refractivity contribution in [2.24, 2.45) is 7.05 Å². The molecule has 0 saturated carbocycles. The van der Waals surface area contributed by atoms with E-state index in [1.54, 1.807) is 9.58 Å². The smallest absolute Gasteiger partial charge is 0.260 e. The summed E-state index contributed by atoms with van der Waals surface area (Å²) in [5, 5.41) is 14.7. The lowest BCUT2D eigenvalue weighted by Gasteiger charge is -2.29. The number of hydrogen-bond acceptors (Lipinski definition) is 4. The fourth-order valence-electron chi connectivity index (χ4n) is 2.62. The van der Waals surface area contributed by atoms with Crippen molar-refractivity contribution in [2.45, 2.75) is 18.9 Å². The molecule has 3 rings (SSSR count). The molecular formula is C15H19N3O3. The van der Waals surface area contributed by atoms with Crippen LogP contribution in [0, 0.1) is 0 Å². The molecule has 6 nitrogen and oxygen atoms in total. The first-order valence-electron chi connectivity index (χ1n) is 7.15. The molecule has 2 aromatic rings. The van der Waals surface area contributed by atoms with Crippen LogP contribution in [0.3, 0.4) is 0 Å². The number of nitrogens with zero attached hydrogens (tertiary/aromatic N) is 3. The normalized spacial score (nSPS) is 16.4. The second-order valence-electron chi connectivity index (χ2n) is 5.35. The first kappa shape index (κ1) is 13.9. The van der Waals surface area contributed by atoms with Gasteiger partial charge in [-0.25, -0.2) is 0 Å². The number of amides is 1. The summed E-state index contributed by atoms with van der Waals surface area (Å²) in [7, 11) is 1.85. The van der Waals surface area contributed by atoms with Crippen LogP contribution in [0.25, 0.3) is 10.9 Å². The first-order chi connectivity index (χ1) is 10.1. The van der Waals surface area contributed by atoms with Crippen LogP contribution in [0.2, 0.25) is 0 Å². The molecule has 2 heterocycles. The van der Waals surface area contributed by atoms with E-state index in [4.69, 9.17) is 4.74 Å². The van der Waals surface area contributed by atoms with Gasteiger partial charge in [-0.1, -0.05) is 12.1 Å². The zero-order chi connectivity index (χ0) is 14.8. The predicted molar refractivity (Wildman–Crippen MR) is 78.0 cm³/mol. The number of aromatic nitrogens is 2. The van der Waals surface area contributed by atoms with Crippen LogP contribution < -0.4 is 4.74 Å². The van der Waals surface area contributed by atoms with Crippen LogP contribution in [0.15, 0.2) is 24.3 Å². The lowest BCUT2D eigenvalue weighted by molar-refractivity contribution is -0.135. The van der Waals surface area contributed by atoms with Crippen molar-refractivity contribution in [1.82, 2.24) is 14.7 Å². The summed E-state index contributed by atoms with van der Waals surface area (Å²) in [6, 6.07) is 7.76. The Morgan fingerprint density at radius 2 is 2.10 bits per heavy atom. The third kappa shape index (κ3) is 2.85. The number of fused-ring (bicyclic) bond motifs is 1. The number of aryl methyl sites for hydroxylation is 1. The van der Waals surface area contributed by atoms with Gasteiger partial charge in [-0.15, -0.1) is 5.10 Å². The third-order valence-electron chi connectivity index (χ3n) is 3.87. The number of piperidine rings is 1. The number of para-hydroxylation sites is 1. The molecule has 1 fully saturated rings. The number of rotatable bonds is 3. The predicted octanol–water partition coefficient (Wildman–Crippen LogP) is 0.935. The highest BCUT2D eigenvalue weighted by molar-refractivity contribution is 5.85. The summed E-state index contributed by atoms with van der Waals surface area (Å²) < 4.78 is 7.34. The Hall–Kier alpha value is -2.08. The van der Waals surface area contributed by atoms with E-state index in [-0.39, 0.29) is 18.6 Å². The monoisotopic (exact) mass is 289 g/mol. The van der Waals surface area contributed by atoms with Gasteiger partial charge in [-0.2, -0.15) is 0 Å². The van der Waals surface area contributed by atoms with E-state index >= 15 is 0 Å². The Morgan fingerprint density at radius 1 is 1.38 bits per heavy atom. The maximum atomic E-state index is 12.1. The average molecular weight is 289 g/mol. The van der Waals surface area contributed by atoms with Gasteiger partial charge in [0.05, 0.1) is 17.0 Å². The summed E-state index contributed by atoms with van der Waals surface area (Å²) in [4.78, 5) is 13.8. The summed E-state index contributed by atoms with van der Waals surface area (Å²) >= 11 is 0. The van der Waals surface area contributed by atoms with E-state index in [2.05, 4.69) is 5.10 Å². The van der Waals surface area contributed by atoms with Gasteiger partial charge >= 0.3 is 0 Å². The molecule has 0 unspecified atom stereocenters. The molecule has 1 aromatic carbocycles. The van der Waals surface area contributed by atoms with Crippen molar-refractivity contribution in [3.8, 4) is 5.88 Å². The molecule has 0 aliphatic carbocycles. The Morgan fingerprint density at radius 3 is 2.86 bits per heavy atom. The number of aliphatic hydroxyl groups excluding tert-OH is 1. The molecule has 1 saturated heterocycles. The fraction of sp³-hybridized carbons (Fsp3) is 0.467. The number of benzene rings is 1. The van der Waals surface area contributed by atoms with Crippen LogP contribution in [-0.4, -0.2) is 51.5 Å². The van der Waals surface area contributed by atoms with Crippen molar-refractivity contribution in [3.05, 3.63) is 24.3 Å². The quantitative estimate of drug-likeness (QED) is 0.913. The van der Waals surface area contributed by atoms with E-state index in [9.17, 15) is 9.90 Å². The van der Waals surface area contributed by atoms with E-state index in [0.29, 0.717) is 31.8 Å². The minimum absolute atomic E-state index is 0.0168. The fourth-order valence-corrected chi connectivity index (χ4v) is 2.62. The second kappa shape index (κ2) is 5.73. The van der Waals surface area contributed by atoms with Crippen LogP contribution >= 0.6 is 0 Å². The molecule has 1 aliphatic rings. The van der Waals surface area contributed by atoms with Crippen LogP contribution in [-0.2, 0) is 11.8 Å². The minimum atomic E-state index is -0.283. The number of likely N-dealkylation sites (tertiary alicyclic amines) is 1. The number of carbonyl (C=O) groups excluding carboxylic acids is 1. The topological polar surface area (TPSA) is 67.6 Å². The Labute approximate surface area is 122 Å². The van der Waals surface area contributed by atoms with Gasteiger partial charge in [0.15, 0.2) is 6.61 Å². The second-order valence-corrected chi connectivity index (χ2v) is 5.35. The Kier molecular flexibility index (Phi) is 3.79. The highest BCUT2D eigenvalue weighted by Crippen LogP contribution is 2.23. The number of ether oxygens (including phenoxy) is 1. The Balaban J connectivity index is 1.65. The van der Waals surface area contributed by atoms with Crippen molar-refractivity contribution in [2.75, 3.05) is 19.7 Å². The lowest BCUT2D eigenvalue weighted by atomic mass is 10.1. The standard InChI is InChI=1S/C15H19N3O3/c1-17-13-5-3-2-4-12(13)15(16-17)21-10-14(20)18-8-6-11(19)7-9-18/h2-5,11,19H,6-10H2,1H3. The minimum Gasteiger partial charge on any atom is -0.466 e. The zero-order valence-electron chi connectivity index (χ0n) is 12.0. The molecule has 112 valence electrons. The first-order valence-corrected chi connectivity index (χ1v) is 7.15. The number of carbonyl (C=O) groups is 1. The molecule has 1 N–H and O–H groups in total. The molecular weight excluding hydrogens is 270 g/mol. The van der Waals surface area contributed by atoms with Crippen molar-refractivity contribution in [3.63, 3.8) is 0 Å². The summed E-state index contributed by atoms with van der Waals surface area (Å²) in [5.41, 5.74) is 0.973. The Bertz CT molecular complexity index is 645. The van der Waals surface area contributed by atoms with Gasteiger partial charge in [0.25, 0.3) is 5.91 Å². The van der Waals surface area contributed by atoms with E-state index in [1.165, 1.54) is 0 Å². The highest BCUT2D eigenvalue weighted by Gasteiger charge is 2.22. The SMILES string of the molecule is Cn1nc(OCC(=O)N2CCC(O)CC2)c2ccccc21. The number of hydrogen-bond donors (Lipinski definition) is 1. The van der Waals surface area contributed by atoms with E-state index in [0.717, 1.165) is 10.9 Å². The van der Waals surface area contributed by atoms with Crippen molar-refractivity contribution >= 4 is 16.8 Å². The molecule has 1 aliphatic heterocycles. The van der Waals surface area contributed by atoms with Crippen molar-refractivity contribution in [1.29, 1.82) is 0 Å². The van der Waals surface area contributed by atoms with Gasteiger partial charge < -0.3 is 14.7 Å². The molecule has 1 aromatic heterocycles. The van der Waals surface area contributed by atoms with Crippen LogP contribution in [0.4, 0.5) is 0 Å². The summed E-state index contributed by atoms with van der Waals surface area (Å²) in [6.45, 7) is 1.16.